The Bertz CT molecular complexity index is 1040. The first-order valence-corrected chi connectivity index (χ1v) is 9.79. The van der Waals surface area contributed by atoms with Crippen LogP contribution in [0.25, 0.3) is 5.69 Å². The lowest BCUT2D eigenvalue weighted by atomic mass is 10.2. The third kappa shape index (κ3) is 4.78. The molecule has 0 saturated carbocycles. The highest BCUT2D eigenvalue weighted by Crippen LogP contribution is 2.22. The Morgan fingerprint density at radius 2 is 1.93 bits per heavy atom. The Hall–Kier alpha value is -2.58. The molecule has 0 atom stereocenters. The predicted octanol–water partition coefficient (Wildman–Crippen LogP) is 3.74. The molecule has 0 bridgehead atoms. The van der Waals surface area contributed by atoms with Gasteiger partial charge in [0.25, 0.3) is 5.56 Å². The smallest absolute Gasteiger partial charge is 0.262 e. The molecule has 27 heavy (non-hydrogen) atoms. The SMILES string of the molecule is Cc1ccccc1-n1c(SCC(=O)Nc2ccc(Br)cc2)nc(O)cc1=O. The number of nitrogens with one attached hydrogen (secondary N) is 1. The van der Waals surface area contributed by atoms with Crippen molar-refractivity contribution in [2.45, 2.75) is 12.1 Å². The number of carbonyl (C=O) groups is 1. The molecular formula is C19H16BrN3O3S. The molecule has 2 aromatic carbocycles. The number of aromatic hydroxyl groups is 1. The second kappa shape index (κ2) is 8.41. The van der Waals surface area contributed by atoms with Gasteiger partial charge in [-0.25, -0.2) is 0 Å². The van der Waals surface area contributed by atoms with Gasteiger partial charge in [-0.05, 0) is 42.8 Å². The largest absolute Gasteiger partial charge is 0.493 e. The van der Waals surface area contributed by atoms with Crippen LogP contribution in [-0.2, 0) is 4.79 Å². The van der Waals surface area contributed by atoms with Gasteiger partial charge in [0.2, 0.25) is 11.8 Å². The summed E-state index contributed by atoms with van der Waals surface area (Å²) in [6.45, 7) is 1.88. The summed E-state index contributed by atoms with van der Waals surface area (Å²) < 4.78 is 2.31. The fourth-order valence-corrected chi connectivity index (χ4v) is 3.52. The van der Waals surface area contributed by atoms with E-state index in [4.69, 9.17) is 0 Å². The Morgan fingerprint density at radius 3 is 2.63 bits per heavy atom. The number of nitrogens with zero attached hydrogens (tertiary/aromatic N) is 2. The highest BCUT2D eigenvalue weighted by molar-refractivity contribution is 9.10. The second-order valence-electron chi connectivity index (χ2n) is 5.70. The molecule has 0 aliphatic carbocycles. The molecule has 0 fully saturated rings. The van der Waals surface area contributed by atoms with Crippen LogP contribution in [0, 0.1) is 6.92 Å². The molecule has 1 heterocycles. The number of halogens is 1. The molecule has 0 spiro atoms. The van der Waals surface area contributed by atoms with E-state index < -0.39 is 5.56 Å². The molecule has 0 unspecified atom stereocenters. The summed E-state index contributed by atoms with van der Waals surface area (Å²) in [5.41, 5.74) is 1.80. The van der Waals surface area contributed by atoms with Gasteiger partial charge in [-0.3, -0.25) is 14.2 Å². The van der Waals surface area contributed by atoms with Gasteiger partial charge < -0.3 is 10.4 Å². The van der Waals surface area contributed by atoms with Crippen molar-refractivity contribution in [3.63, 3.8) is 0 Å². The zero-order valence-corrected chi connectivity index (χ0v) is 16.8. The van der Waals surface area contributed by atoms with E-state index in [0.29, 0.717) is 11.4 Å². The molecule has 138 valence electrons. The van der Waals surface area contributed by atoms with Crippen molar-refractivity contribution in [1.29, 1.82) is 0 Å². The minimum absolute atomic E-state index is 0.0395. The fraction of sp³-hybridized carbons (Fsp3) is 0.105. The van der Waals surface area contributed by atoms with Crippen LogP contribution in [0.4, 0.5) is 5.69 Å². The number of rotatable bonds is 5. The van der Waals surface area contributed by atoms with Crippen LogP contribution in [0.2, 0.25) is 0 Å². The molecule has 0 radical (unpaired) electrons. The van der Waals surface area contributed by atoms with Crippen LogP contribution in [0.1, 0.15) is 5.56 Å². The number of amides is 1. The van der Waals surface area contributed by atoms with Crippen LogP contribution in [-0.4, -0.2) is 26.3 Å². The first kappa shape index (κ1) is 19.2. The highest BCUT2D eigenvalue weighted by atomic mass is 79.9. The van der Waals surface area contributed by atoms with Gasteiger partial charge in [0.1, 0.15) is 0 Å². The van der Waals surface area contributed by atoms with Gasteiger partial charge >= 0.3 is 0 Å². The van der Waals surface area contributed by atoms with Crippen LogP contribution in [0.5, 0.6) is 5.88 Å². The third-order valence-electron chi connectivity index (χ3n) is 3.69. The maximum absolute atomic E-state index is 12.4. The first-order chi connectivity index (χ1) is 12.9. The summed E-state index contributed by atoms with van der Waals surface area (Å²) in [4.78, 5) is 28.7. The van der Waals surface area contributed by atoms with Crippen LogP contribution in [0.3, 0.4) is 0 Å². The van der Waals surface area contributed by atoms with E-state index in [2.05, 4.69) is 26.2 Å². The van der Waals surface area contributed by atoms with Gasteiger partial charge in [0.05, 0.1) is 17.5 Å². The van der Waals surface area contributed by atoms with Crippen molar-refractivity contribution in [3.8, 4) is 11.6 Å². The van der Waals surface area contributed by atoms with E-state index in [0.717, 1.165) is 27.9 Å². The number of hydrogen-bond acceptors (Lipinski definition) is 5. The van der Waals surface area contributed by atoms with E-state index in [1.54, 1.807) is 18.2 Å². The summed E-state index contributed by atoms with van der Waals surface area (Å²) in [7, 11) is 0. The zero-order valence-electron chi connectivity index (χ0n) is 14.3. The quantitative estimate of drug-likeness (QED) is 0.461. The lowest BCUT2D eigenvalue weighted by Crippen LogP contribution is -2.22. The molecule has 6 nitrogen and oxygen atoms in total. The molecule has 3 rings (SSSR count). The lowest BCUT2D eigenvalue weighted by Gasteiger charge is -2.13. The number of aryl methyl sites for hydroxylation is 1. The van der Waals surface area contributed by atoms with Crippen molar-refractivity contribution in [2.75, 3.05) is 11.1 Å². The van der Waals surface area contributed by atoms with Crippen molar-refractivity contribution in [1.82, 2.24) is 9.55 Å². The molecule has 3 aromatic rings. The van der Waals surface area contributed by atoms with E-state index in [1.165, 1.54) is 4.57 Å². The Labute approximate surface area is 168 Å². The number of benzene rings is 2. The van der Waals surface area contributed by atoms with Crippen LogP contribution >= 0.6 is 27.7 Å². The summed E-state index contributed by atoms with van der Waals surface area (Å²) in [5, 5.41) is 12.7. The van der Waals surface area contributed by atoms with Gasteiger partial charge in [-0.2, -0.15) is 4.98 Å². The highest BCUT2D eigenvalue weighted by Gasteiger charge is 2.14. The summed E-state index contributed by atoms with van der Waals surface area (Å²) in [5.74, 6) is -0.574. The van der Waals surface area contributed by atoms with E-state index >= 15 is 0 Å². The summed E-state index contributed by atoms with van der Waals surface area (Å²) in [6, 6.07) is 15.6. The minimum atomic E-state index is -0.410. The number of para-hydroxylation sites is 1. The summed E-state index contributed by atoms with van der Waals surface area (Å²) >= 11 is 4.42. The standard InChI is InChI=1S/C19H16BrN3O3S/c1-12-4-2-3-5-15(12)23-18(26)10-16(24)22-19(23)27-11-17(25)21-14-8-6-13(20)7-9-14/h2-10,24H,11H2,1H3,(H,21,25). The number of anilines is 1. The Morgan fingerprint density at radius 1 is 1.22 bits per heavy atom. The molecular weight excluding hydrogens is 430 g/mol. The van der Waals surface area contributed by atoms with Gasteiger partial charge in [0, 0.05) is 10.2 Å². The third-order valence-corrected chi connectivity index (χ3v) is 5.16. The zero-order chi connectivity index (χ0) is 19.4. The number of thioether (sulfide) groups is 1. The Balaban J connectivity index is 1.82. The average molecular weight is 446 g/mol. The van der Waals surface area contributed by atoms with E-state index in [1.807, 2.05) is 37.3 Å². The van der Waals surface area contributed by atoms with Crippen LogP contribution < -0.4 is 10.9 Å². The second-order valence-corrected chi connectivity index (χ2v) is 7.56. The maximum Gasteiger partial charge on any atom is 0.262 e. The van der Waals surface area contributed by atoms with E-state index in [9.17, 15) is 14.7 Å². The number of hydrogen-bond donors (Lipinski definition) is 2. The van der Waals surface area contributed by atoms with Crippen LogP contribution in [0.15, 0.2) is 69.0 Å². The number of carbonyl (C=O) groups excluding carboxylic acids is 1. The first-order valence-electron chi connectivity index (χ1n) is 8.01. The lowest BCUT2D eigenvalue weighted by molar-refractivity contribution is -0.113. The van der Waals surface area contributed by atoms with E-state index in [-0.39, 0.29) is 22.7 Å². The topological polar surface area (TPSA) is 84.2 Å². The van der Waals surface area contributed by atoms with Crippen molar-refractivity contribution in [2.24, 2.45) is 0 Å². The predicted molar refractivity (Wildman–Crippen MR) is 110 cm³/mol. The van der Waals surface area contributed by atoms with Gasteiger partial charge in [0.15, 0.2) is 5.16 Å². The monoisotopic (exact) mass is 445 g/mol. The minimum Gasteiger partial charge on any atom is -0.493 e. The molecule has 1 amide bonds. The molecule has 8 heteroatoms. The molecule has 0 saturated heterocycles. The normalized spacial score (nSPS) is 10.6. The summed E-state index contributed by atoms with van der Waals surface area (Å²) in [6.07, 6.45) is 0. The molecule has 0 aliphatic rings. The number of aromatic nitrogens is 2. The van der Waals surface area contributed by atoms with Crippen molar-refractivity contribution < 1.29 is 9.90 Å². The molecule has 2 N–H and O–H groups in total. The molecule has 1 aromatic heterocycles. The molecule has 0 aliphatic heterocycles. The van der Waals surface area contributed by atoms with Crippen molar-refractivity contribution in [3.05, 3.63) is 75.0 Å². The Kier molecular flexibility index (Phi) is 5.98. The average Bonchev–Trinajstić information content (AvgIpc) is 2.63. The maximum atomic E-state index is 12.4. The van der Waals surface area contributed by atoms with Gasteiger partial charge in [-0.15, -0.1) is 0 Å². The fourth-order valence-electron chi connectivity index (χ4n) is 2.44. The van der Waals surface area contributed by atoms with Crippen molar-refractivity contribution >= 4 is 39.3 Å². The van der Waals surface area contributed by atoms with Gasteiger partial charge in [-0.1, -0.05) is 45.9 Å².